The zero-order valence-corrected chi connectivity index (χ0v) is 12.0. The molecule has 0 aliphatic carbocycles. The fourth-order valence-corrected chi connectivity index (χ4v) is 1.62. The molecule has 0 saturated heterocycles. The van der Waals surface area contributed by atoms with Crippen molar-refractivity contribution in [2.75, 3.05) is 5.32 Å². The summed E-state index contributed by atoms with van der Waals surface area (Å²) in [5, 5.41) is 7.97. The van der Waals surface area contributed by atoms with Gasteiger partial charge >= 0.3 is 23.2 Å². The third kappa shape index (κ3) is 4.34. The molecule has 1 heterocycles. The maximum Gasteiger partial charge on any atom is 0.440 e. The summed E-state index contributed by atoms with van der Waals surface area (Å²) in [6.07, 6.45) is -1.49. The zero-order valence-electron chi connectivity index (χ0n) is 11.1. The molecular weight excluding hydrogens is 332 g/mol. The number of nitrogens with one attached hydrogen (secondary N) is 1. The van der Waals surface area contributed by atoms with E-state index in [-0.39, 0.29) is 5.75 Å². The lowest BCUT2D eigenvalue weighted by atomic mass is 10.3. The second-order valence-corrected chi connectivity index (χ2v) is 4.44. The SMILES string of the molecule is O=Nc1cn(C(=O)Oc2ccccc2)nc1NC(=O)O[SH](=O)=O. The van der Waals surface area contributed by atoms with Gasteiger partial charge in [0.25, 0.3) is 0 Å². The first-order chi connectivity index (χ1) is 11.0. The number of hydrogen-bond donors (Lipinski definition) is 2. The van der Waals surface area contributed by atoms with E-state index in [0.717, 1.165) is 6.20 Å². The number of carbonyl (C=O) groups excluding carboxylic acids is 2. The molecule has 2 aromatic rings. The van der Waals surface area contributed by atoms with Gasteiger partial charge in [-0.05, 0) is 17.3 Å². The summed E-state index contributed by atoms with van der Waals surface area (Å²) in [7, 11) is -3.44. The molecule has 12 heteroatoms. The third-order valence-corrected chi connectivity index (χ3v) is 2.62. The van der Waals surface area contributed by atoms with Gasteiger partial charge in [-0.1, -0.05) is 18.2 Å². The molecule has 23 heavy (non-hydrogen) atoms. The predicted octanol–water partition coefficient (Wildman–Crippen LogP) is 1.40. The van der Waals surface area contributed by atoms with Crippen molar-refractivity contribution in [1.82, 2.24) is 9.78 Å². The van der Waals surface area contributed by atoms with Crippen molar-refractivity contribution in [3.8, 4) is 5.75 Å². The highest BCUT2D eigenvalue weighted by molar-refractivity contribution is 7.67. The van der Waals surface area contributed by atoms with Crippen LogP contribution in [-0.4, -0.2) is 30.4 Å². The molecule has 0 aliphatic rings. The Balaban J connectivity index is 2.16. The van der Waals surface area contributed by atoms with Crippen LogP contribution in [0.15, 0.2) is 41.7 Å². The van der Waals surface area contributed by atoms with Crippen LogP contribution in [0.1, 0.15) is 0 Å². The van der Waals surface area contributed by atoms with Gasteiger partial charge < -0.3 is 8.92 Å². The number of benzene rings is 1. The standard InChI is InChI=1S/C11H8N4O7S/c16-10(22-23(19)20)12-9-8(14-18)6-15(13-9)11(17)21-7-4-2-1-3-5-7/h1-6,23H,(H,12,13,16). The second kappa shape index (κ2) is 7.13. The lowest BCUT2D eigenvalue weighted by Gasteiger charge is -2.02. The van der Waals surface area contributed by atoms with Crippen molar-refractivity contribution in [2.24, 2.45) is 5.18 Å². The minimum atomic E-state index is -3.44. The van der Waals surface area contributed by atoms with Crippen molar-refractivity contribution >= 4 is 34.7 Å². The maximum atomic E-state index is 11.9. The number of hydrogen-bond acceptors (Lipinski definition) is 9. The van der Waals surface area contributed by atoms with Crippen LogP contribution < -0.4 is 10.1 Å². The number of nitroso groups, excluding NO2 is 1. The van der Waals surface area contributed by atoms with E-state index in [1.54, 1.807) is 18.2 Å². The zero-order chi connectivity index (χ0) is 16.8. The smallest absolute Gasteiger partial charge is 0.409 e. The molecule has 120 valence electrons. The largest absolute Gasteiger partial charge is 0.440 e. The highest BCUT2D eigenvalue weighted by atomic mass is 32.2. The van der Waals surface area contributed by atoms with Gasteiger partial charge in [-0.25, -0.2) is 9.59 Å². The average molecular weight is 340 g/mol. The number of rotatable bonds is 4. The maximum absolute atomic E-state index is 11.9. The van der Waals surface area contributed by atoms with Crippen molar-refractivity contribution in [3.63, 3.8) is 0 Å². The Morgan fingerprint density at radius 3 is 2.52 bits per heavy atom. The van der Waals surface area contributed by atoms with Crippen molar-refractivity contribution < 1.29 is 26.9 Å². The summed E-state index contributed by atoms with van der Waals surface area (Å²) in [5.41, 5.74) is -0.423. The molecule has 0 fully saturated rings. The molecule has 0 spiro atoms. The predicted molar refractivity (Wildman–Crippen MR) is 76.0 cm³/mol. The molecule has 11 nitrogen and oxygen atoms in total. The number of nitrogens with zero attached hydrogens (tertiary/aromatic N) is 3. The summed E-state index contributed by atoms with van der Waals surface area (Å²) in [5.74, 6) is -0.238. The topological polar surface area (TPSA) is 146 Å². The Hall–Kier alpha value is -3.28. The first-order valence-electron chi connectivity index (χ1n) is 5.83. The monoisotopic (exact) mass is 340 g/mol. The van der Waals surface area contributed by atoms with E-state index in [4.69, 9.17) is 4.74 Å². The van der Waals surface area contributed by atoms with Gasteiger partial charge in [0.05, 0.1) is 6.20 Å². The van der Waals surface area contributed by atoms with Gasteiger partial charge in [-0.2, -0.15) is 13.1 Å². The van der Waals surface area contributed by atoms with Gasteiger partial charge in [0.15, 0.2) is 11.5 Å². The number of aromatic nitrogens is 2. The number of thiol groups is 1. The molecule has 0 bridgehead atoms. The molecule has 0 atom stereocenters. The minimum Gasteiger partial charge on any atom is -0.409 e. The van der Waals surface area contributed by atoms with Crippen molar-refractivity contribution in [3.05, 3.63) is 41.4 Å². The van der Waals surface area contributed by atoms with Crippen molar-refractivity contribution in [1.29, 1.82) is 0 Å². The fraction of sp³-hybridized carbons (Fsp3) is 0. The van der Waals surface area contributed by atoms with E-state index < -0.39 is 34.7 Å². The number of carbonyl (C=O) groups is 2. The van der Waals surface area contributed by atoms with E-state index in [0.29, 0.717) is 4.68 Å². The summed E-state index contributed by atoms with van der Waals surface area (Å²) in [4.78, 5) is 33.6. The molecule has 0 saturated carbocycles. The minimum absolute atomic E-state index is 0.228. The Bertz CT molecular complexity index is 807. The van der Waals surface area contributed by atoms with E-state index in [2.05, 4.69) is 14.5 Å². The quantitative estimate of drug-likeness (QED) is 0.627. The van der Waals surface area contributed by atoms with Crippen LogP contribution in [0.3, 0.4) is 0 Å². The highest BCUT2D eigenvalue weighted by Gasteiger charge is 2.18. The molecule has 2 rings (SSSR count). The van der Waals surface area contributed by atoms with Crippen LogP contribution in [0.4, 0.5) is 21.1 Å². The van der Waals surface area contributed by atoms with E-state index in [9.17, 15) is 22.9 Å². The molecule has 1 N–H and O–H groups in total. The summed E-state index contributed by atoms with van der Waals surface area (Å²) < 4.78 is 29.9. The number of ether oxygens (including phenoxy) is 1. The van der Waals surface area contributed by atoms with Crippen LogP contribution in [-0.2, 0) is 15.2 Å². The van der Waals surface area contributed by atoms with Crippen molar-refractivity contribution in [2.45, 2.75) is 0 Å². The lowest BCUT2D eigenvalue weighted by Crippen LogP contribution is -2.18. The van der Waals surface area contributed by atoms with Gasteiger partial charge in [0.2, 0.25) is 0 Å². The van der Waals surface area contributed by atoms with Gasteiger partial charge in [-0.3, -0.25) is 5.32 Å². The molecule has 0 aliphatic heterocycles. The summed E-state index contributed by atoms with van der Waals surface area (Å²) >= 11 is 0. The van der Waals surface area contributed by atoms with E-state index in [1.165, 1.54) is 12.1 Å². The highest BCUT2D eigenvalue weighted by Crippen LogP contribution is 2.23. The van der Waals surface area contributed by atoms with Crippen LogP contribution in [0.5, 0.6) is 5.75 Å². The number of anilines is 1. The molecule has 1 aromatic heterocycles. The van der Waals surface area contributed by atoms with Gasteiger partial charge in [-0.15, -0.1) is 10.0 Å². The Kier molecular flexibility index (Phi) is 4.99. The number of para-hydroxylation sites is 1. The second-order valence-electron chi connectivity index (χ2n) is 3.81. The third-order valence-electron chi connectivity index (χ3n) is 2.31. The molecule has 1 amide bonds. The lowest BCUT2D eigenvalue weighted by molar-refractivity contribution is 0.198. The first-order valence-corrected chi connectivity index (χ1v) is 6.92. The first kappa shape index (κ1) is 16.1. The molecule has 0 radical (unpaired) electrons. The van der Waals surface area contributed by atoms with Crippen LogP contribution in [0, 0.1) is 4.91 Å². The summed E-state index contributed by atoms with van der Waals surface area (Å²) in [6.45, 7) is 0. The average Bonchev–Trinajstić information content (AvgIpc) is 2.90. The van der Waals surface area contributed by atoms with E-state index in [1.807, 2.05) is 5.32 Å². The van der Waals surface area contributed by atoms with Gasteiger partial charge in [0, 0.05) is 0 Å². The fourth-order valence-electron chi connectivity index (χ4n) is 1.44. The number of amides is 1. The van der Waals surface area contributed by atoms with E-state index >= 15 is 0 Å². The molecule has 0 unspecified atom stereocenters. The van der Waals surface area contributed by atoms with Gasteiger partial charge in [0.1, 0.15) is 5.75 Å². The molecular formula is C11H8N4O7S. The Labute approximate surface area is 129 Å². The Morgan fingerprint density at radius 2 is 1.91 bits per heavy atom. The normalized spacial score (nSPS) is 10.1. The van der Waals surface area contributed by atoms with Crippen LogP contribution >= 0.6 is 0 Å². The Morgan fingerprint density at radius 1 is 1.22 bits per heavy atom. The summed E-state index contributed by atoms with van der Waals surface area (Å²) in [6, 6.07) is 8.02. The van der Waals surface area contributed by atoms with Crippen LogP contribution in [0.2, 0.25) is 0 Å². The van der Waals surface area contributed by atoms with Crippen LogP contribution in [0.25, 0.3) is 0 Å². The molecule has 1 aromatic carbocycles.